The van der Waals surface area contributed by atoms with Gasteiger partial charge in [0, 0.05) is 4.88 Å². The molecule has 2 aromatic heterocycles. The van der Waals surface area contributed by atoms with Crippen molar-refractivity contribution in [2.75, 3.05) is 0 Å². The van der Waals surface area contributed by atoms with Gasteiger partial charge in [-0.05, 0) is 24.6 Å². The second kappa shape index (κ2) is 5.79. The molecule has 0 spiro atoms. The number of fused-ring (bicyclic) bond motifs is 1. The van der Waals surface area contributed by atoms with Crippen molar-refractivity contribution in [1.29, 1.82) is 0 Å². The maximum absolute atomic E-state index is 12.8. The Bertz CT molecular complexity index is 870. The zero-order valence-electron chi connectivity index (χ0n) is 11.3. The monoisotopic (exact) mass is 338 g/mol. The molecule has 3 aromatic rings. The molecule has 0 N–H and O–H groups in total. The number of aromatic nitrogens is 2. The summed E-state index contributed by atoms with van der Waals surface area (Å²) in [5.74, 6) is 0.655. The number of para-hydroxylation sites is 1. The van der Waals surface area contributed by atoms with E-state index in [1.54, 1.807) is 12.1 Å². The van der Waals surface area contributed by atoms with Crippen LogP contribution in [0.2, 0.25) is 5.02 Å². The normalized spacial score (nSPS) is 11.2. The summed E-state index contributed by atoms with van der Waals surface area (Å²) in [6, 6.07) is 9.10. The summed E-state index contributed by atoms with van der Waals surface area (Å²) in [5, 5.41) is 1.11. The molecule has 0 aliphatic heterocycles. The van der Waals surface area contributed by atoms with Gasteiger partial charge in [-0.3, -0.25) is 9.36 Å². The molecule has 3 nitrogen and oxygen atoms in total. The fourth-order valence-electron chi connectivity index (χ4n) is 2.22. The number of nitrogens with zero attached hydrogens (tertiary/aromatic N) is 2. The summed E-state index contributed by atoms with van der Waals surface area (Å²) in [5.41, 5.74) is 0.484. The second-order valence-corrected chi connectivity index (χ2v) is 6.33. The first kappa shape index (κ1) is 14.6. The van der Waals surface area contributed by atoms with E-state index in [2.05, 4.69) is 11.9 Å². The summed E-state index contributed by atoms with van der Waals surface area (Å²) < 4.78 is 1.50. The first-order chi connectivity index (χ1) is 10.2. The Labute approximate surface area is 135 Å². The van der Waals surface area contributed by atoms with Crippen LogP contribution in [-0.4, -0.2) is 9.55 Å². The maximum atomic E-state index is 12.8. The Hall–Kier alpha value is -1.36. The van der Waals surface area contributed by atoms with Crippen LogP contribution in [-0.2, 0) is 12.3 Å². The van der Waals surface area contributed by atoms with Gasteiger partial charge in [-0.15, -0.1) is 22.9 Å². The number of aryl methyl sites for hydroxylation is 1. The Morgan fingerprint density at radius 3 is 2.76 bits per heavy atom. The molecule has 0 fully saturated rings. The molecule has 0 aliphatic rings. The molecular formula is C15H12Cl2N2OS. The predicted molar refractivity (Wildman–Crippen MR) is 89.2 cm³/mol. The van der Waals surface area contributed by atoms with Crippen molar-refractivity contribution in [2.45, 2.75) is 19.2 Å². The van der Waals surface area contributed by atoms with Gasteiger partial charge in [0.25, 0.3) is 5.56 Å². The maximum Gasteiger partial charge on any atom is 0.266 e. The minimum Gasteiger partial charge on any atom is -0.268 e. The van der Waals surface area contributed by atoms with Crippen LogP contribution in [0.25, 0.3) is 15.9 Å². The molecule has 0 aliphatic carbocycles. The number of hydrogen-bond donors (Lipinski definition) is 0. The van der Waals surface area contributed by atoms with Gasteiger partial charge in [-0.1, -0.05) is 30.7 Å². The Balaban J connectivity index is 2.39. The van der Waals surface area contributed by atoms with Gasteiger partial charge in [0.15, 0.2) is 0 Å². The van der Waals surface area contributed by atoms with Gasteiger partial charge >= 0.3 is 0 Å². The van der Waals surface area contributed by atoms with Gasteiger partial charge in [0.05, 0.1) is 22.0 Å². The van der Waals surface area contributed by atoms with Crippen LogP contribution < -0.4 is 5.56 Å². The second-order valence-electron chi connectivity index (χ2n) is 4.54. The van der Waals surface area contributed by atoms with Crippen LogP contribution in [0.15, 0.2) is 35.1 Å². The average Bonchev–Trinajstić information content (AvgIpc) is 2.92. The van der Waals surface area contributed by atoms with Gasteiger partial charge in [0.2, 0.25) is 0 Å². The molecule has 0 radical (unpaired) electrons. The highest BCUT2D eigenvalue weighted by Crippen LogP contribution is 2.25. The lowest BCUT2D eigenvalue weighted by Crippen LogP contribution is -2.23. The van der Waals surface area contributed by atoms with Crippen molar-refractivity contribution in [3.05, 3.63) is 56.4 Å². The first-order valence-corrected chi connectivity index (χ1v) is 8.23. The SMILES string of the molecule is CCc1cc2c(=O)n(-c3ccccc3Cl)c(CCl)nc2s1. The predicted octanol–water partition coefficient (Wildman–Crippen LogP) is 4.40. The fraction of sp³-hybridized carbons (Fsp3) is 0.200. The smallest absolute Gasteiger partial charge is 0.266 e. The minimum atomic E-state index is -0.125. The molecule has 0 atom stereocenters. The molecule has 0 saturated carbocycles. The third kappa shape index (κ3) is 2.48. The van der Waals surface area contributed by atoms with E-state index in [0.29, 0.717) is 21.9 Å². The van der Waals surface area contributed by atoms with Gasteiger partial charge in [0.1, 0.15) is 10.7 Å². The molecule has 0 unspecified atom stereocenters. The van der Waals surface area contributed by atoms with E-state index in [1.165, 1.54) is 15.9 Å². The lowest BCUT2D eigenvalue weighted by atomic mass is 10.3. The van der Waals surface area contributed by atoms with Crippen molar-refractivity contribution < 1.29 is 0 Å². The Kier molecular flexibility index (Phi) is 4.02. The van der Waals surface area contributed by atoms with Crippen molar-refractivity contribution in [2.24, 2.45) is 0 Å². The number of alkyl halides is 1. The zero-order chi connectivity index (χ0) is 15.0. The van der Waals surface area contributed by atoms with Gasteiger partial charge < -0.3 is 0 Å². The summed E-state index contributed by atoms with van der Waals surface area (Å²) in [6.07, 6.45) is 0.878. The van der Waals surface area contributed by atoms with Crippen LogP contribution in [0, 0.1) is 0 Å². The number of hydrogen-bond acceptors (Lipinski definition) is 3. The van der Waals surface area contributed by atoms with Gasteiger partial charge in [-0.2, -0.15) is 0 Å². The minimum absolute atomic E-state index is 0.125. The summed E-state index contributed by atoms with van der Waals surface area (Å²) >= 11 is 13.7. The van der Waals surface area contributed by atoms with Crippen LogP contribution in [0.3, 0.4) is 0 Å². The molecule has 1 aromatic carbocycles. The highest BCUT2D eigenvalue weighted by Gasteiger charge is 2.16. The lowest BCUT2D eigenvalue weighted by Gasteiger charge is -2.11. The molecule has 0 bridgehead atoms. The standard InChI is InChI=1S/C15H12Cl2N2OS/c1-2-9-7-10-14(21-9)18-13(8-16)19(15(10)20)12-6-4-3-5-11(12)17/h3-7H,2,8H2,1H3. The Morgan fingerprint density at radius 2 is 2.10 bits per heavy atom. The van der Waals surface area contributed by atoms with Crippen LogP contribution in [0.4, 0.5) is 0 Å². The highest BCUT2D eigenvalue weighted by molar-refractivity contribution is 7.18. The fourth-order valence-corrected chi connectivity index (χ4v) is 3.59. The van der Waals surface area contributed by atoms with Crippen LogP contribution in [0.1, 0.15) is 17.6 Å². The molecule has 21 heavy (non-hydrogen) atoms. The summed E-state index contributed by atoms with van der Waals surface area (Å²) in [6.45, 7) is 2.06. The van der Waals surface area contributed by atoms with E-state index < -0.39 is 0 Å². The first-order valence-electron chi connectivity index (χ1n) is 6.51. The zero-order valence-corrected chi connectivity index (χ0v) is 13.6. The summed E-state index contributed by atoms with van der Waals surface area (Å²) in [7, 11) is 0. The molecule has 3 rings (SSSR count). The third-order valence-corrected chi connectivity index (χ3v) is 4.98. The number of rotatable bonds is 3. The van der Waals surface area contributed by atoms with Crippen molar-refractivity contribution in [1.82, 2.24) is 9.55 Å². The van der Waals surface area contributed by atoms with Crippen LogP contribution >= 0.6 is 34.5 Å². The Morgan fingerprint density at radius 1 is 1.33 bits per heavy atom. The van der Waals surface area contributed by atoms with Crippen LogP contribution in [0.5, 0.6) is 0 Å². The quantitative estimate of drug-likeness (QED) is 0.663. The molecule has 0 amide bonds. The number of benzene rings is 1. The van der Waals surface area contributed by atoms with E-state index in [0.717, 1.165) is 16.1 Å². The van der Waals surface area contributed by atoms with E-state index in [1.807, 2.05) is 18.2 Å². The van der Waals surface area contributed by atoms with Gasteiger partial charge in [-0.25, -0.2) is 4.98 Å². The number of halogens is 2. The van der Waals surface area contributed by atoms with E-state index in [9.17, 15) is 4.79 Å². The highest BCUT2D eigenvalue weighted by atomic mass is 35.5. The van der Waals surface area contributed by atoms with Crippen molar-refractivity contribution in [3.63, 3.8) is 0 Å². The van der Waals surface area contributed by atoms with Crippen molar-refractivity contribution in [3.8, 4) is 5.69 Å². The third-order valence-electron chi connectivity index (χ3n) is 3.25. The lowest BCUT2D eigenvalue weighted by molar-refractivity contribution is 0.884. The molecule has 2 heterocycles. The number of thiophene rings is 1. The topological polar surface area (TPSA) is 34.9 Å². The van der Waals surface area contributed by atoms with E-state index in [-0.39, 0.29) is 11.4 Å². The molecule has 108 valence electrons. The van der Waals surface area contributed by atoms with E-state index in [4.69, 9.17) is 23.2 Å². The van der Waals surface area contributed by atoms with Crippen molar-refractivity contribution >= 4 is 44.8 Å². The molecule has 0 saturated heterocycles. The molecule has 6 heteroatoms. The average molecular weight is 339 g/mol. The largest absolute Gasteiger partial charge is 0.268 e. The molecular weight excluding hydrogens is 327 g/mol. The summed E-state index contributed by atoms with van der Waals surface area (Å²) in [4.78, 5) is 19.2. The van der Waals surface area contributed by atoms with E-state index >= 15 is 0 Å².